The zero-order valence-corrected chi connectivity index (χ0v) is 15.5. The standard InChI is InChI=1S/C19H17ClN4O3/c1-12-8-9-14(10-16(12)20)21-17(25)11-27-19(26)18-13(2)22-24(23-18)15-6-4-3-5-7-15/h3-10H,11H2,1-2H3,(H,21,25). The molecule has 0 unspecified atom stereocenters. The molecule has 1 amide bonds. The summed E-state index contributed by atoms with van der Waals surface area (Å²) in [6, 6.07) is 14.3. The van der Waals surface area contributed by atoms with Crippen molar-refractivity contribution in [2.45, 2.75) is 13.8 Å². The van der Waals surface area contributed by atoms with E-state index in [1.165, 1.54) is 4.80 Å². The lowest BCUT2D eigenvalue weighted by Crippen LogP contribution is -2.21. The predicted octanol–water partition coefficient (Wildman–Crippen LogP) is 3.33. The molecule has 3 rings (SSSR count). The first-order valence-electron chi connectivity index (χ1n) is 8.16. The van der Waals surface area contributed by atoms with Crippen LogP contribution in [0.25, 0.3) is 5.69 Å². The van der Waals surface area contributed by atoms with Crippen LogP contribution in [0.4, 0.5) is 5.69 Å². The predicted molar refractivity (Wildman–Crippen MR) is 101 cm³/mol. The highest BCUT2D eigenvalue weighted by Gasteiger charge is 2.19. The van der Waals surface area contributed by atoms with E-state index >= 15 is 0 Å². The molecule has 0 bridgehead atoms. The highest BCUT2D eigenvalue weighted by Crippen LogP contribution is 2.19. The molecule has 27 heavy (non-hydrogen) atoms. The fourth-order valence-electron chi connectivity index (χ4n) is 2.31. The normalized spacial score (nSPS) is 10.5. The number of benzene rings is 2. The average molecular weight is 385 g/mol. The first kappa shape index (κ1) is 18.6. The highest BCUT2D eigenvalue weighted by atomic mass is 35.5. The van der Waals surface area contributed by atoms with Crippen molar-refractivity contribution in [3.8, 4) is 5.69 Å². The Morgan fingerprint density at radius 3 is 2.56 bits per heavy atom. The number of aryl methyl sites for hydroxylation is 2. The van der Waals surface area contributed by atoms with E-state index in [2.05, 4.69) is 15.5 Å². The molecule has 7 nitrogen and oxygen atoms in total. The molecule has 0 spiro atoms. The number of hydrogen-bond acceptors (Lipinski definition) is 5. The van der Waals surface area contributed by atoms with Crippen molar-refractivity contribution >= 4 is 29.2 Å². The Labute approximate surface area is 160 Å². The smallest absolute Gasteiger partial charge is 0.361 e. The van der Waals surface area contributed by atoms with Gasteiger partial charge in [-0.1, -0.05) is 35.9 Å². The lowest BCUT2D eigenvalue weighted by atomic mass is 10.2. The largest absolute Gasteiger partial charge is 0.451 e. The summed E-state index contributed by atoms with van der Waals surface area (Å²) in [5.41, 5.74) is 2.61. The lowest BCUT2D eigenvalue weighted by Gasteiger charge is -2.07. The summed E-state index contributed by atoms with van der Waals surface area (Å²) in [6.45, 7) is 3.07. The number of amides is 1. The van der Waals surface area contributed by atoms with E-state index in [4.69, 9.17) is 16.3 Å². The van der Waals surface area contributed by atoms with Gasteiger partial charge in [-0.2, -0.15) is 9.90 Å². The van der Waals surface area contributed by atoms with Crippen molar-refractivity contribution in [2.24, 2.45) is 0 Å². The monoisotopic (exact) mass is 384 g/mol. The van der Waals surface area contributed by atoms with E-state index in [0.717, 1.165) is 5.56 Å². The summed E-state index contributed by atoms with van der Waals surface area (Å²) in [6.07, 6.45) is 0. The molecule has 0 atom stereocenters. The lowest BCUT2D eigenvalue weighted by molar-refractivity contribution is -0.119. The Kier molecular flexibility index (Phi) is 5.52. The zero-order chi connectivity index (χ0) is 19.4. The van der Waals surface area contributed by atoms with Crippen molar-refractivity contribution < 1.29 is 14.3 Å². The van der Waals surface area contributed by atoms with Crippen molar-refractivity contribution in [3.63, 3.8) is 0 Å². The van der Waals surface area contributed by atoms with E-state index in [1.807, 2.05) is 37.3 Å². The molecule has 3 aromatic rings. The first-order valence-corrected chi connectivity index (χ1v) is 8.54. The van der Waals surface area contributed by atoms with Gasteiger partial charge in [0.25, 0.3) is 5.91 Å². The van der Waals surface area contributed by atoms with Crippen LogP contribution in [0.3, 0.4) is 0 Å². The Balaban J connectivity index is 1.61. The van der Waals surface area contributed by atoms with Crippen LogP contribution < -0.4 is 5.32 Å². The van der Waals surface area contributed by atoms with Crippen molar-refractivity contribution in [2.75, 3.05) is 11.9 Å². The molecule has 1 N–H and O–H groups in total. The van der Waals surface area contributed by atoms with Gasteiger partial charge in [0.05, 0.1) is 11.4 Å². The molecule has 0 saturated carbocycles. The van der Waals surface area contributed by atoms with Gasteiger partial charge in [-0.05, 0) is 43.7 Å². The van der Waals surface area contributed by atoms with E-state index in [-0.39, 0.29) is 5.69 Å². The molecule has 0 aliphatic carbocycles. The van der Waals surface area contributed by atoms with E-state index in [1.54, 1.807) is 25.1 Å². The maximum absolute atomic E-state index is 12.2. The number of ether oxygens (including phenoxy) is 1. The van der Waals surface area contributed by atoms with Gasteiger partial charge in [-0.25, -0.2) is 4.79 Å². The van der Waals surface area contributed by atoms with Gasteiger partial charge < -0.3 is 10.1 Å². The molecule has 0 aliphatic rings. The summed E-state index contributed by atoms with van der Waals surface area (Å²) >= 11 is 6.02. The number of hydrogen-bond donors (Lipinski definition) is 1. The summed E-state index contributed by atoms with van der Waals surface area (Å²) in [5.74, 6) is -1.19. The quantitative estimate of drug-likeness (QED) is 0.682. The number of aromatic nitrogens is 3. The third-order valence-corrected chi connectivity index (χ3v) is 4.16. The summed E-state index contributed by atoms with van der Waals surface area (Å²) < 4.78 is 5.05. The third kappa shape index (κ3) is 4.51. The van der Waals surface area contributed by atoms with Gasteiger partial charge in [0.2, 0.25) is 0 Å². The Bertz CT molecular complexity index is 986. The minimum atomic E-state index is -0.716. The maximum atomic E-state index is 12.2. The second kappa shape index (κ2) is 8.01. The average Bonchev–Trinajstić information content (AvgIpc) is 3.05. The summed E-state index contributed by atoms with van der Waals surface area (Å²) in [5, 5.41) is 11.5. The number of anilines is 1. The molecule has 0 saturated heterocycles. The second-order valence-electron chi connectivity index (χ2n) is 5.85. The van der Waals surface area contributed by atoms with Crippen LogP contribution in [-0.2, 0) is 9.53 Å². The molecular weight excluding hydrogens is 368 g/mol. The molecule has 138 valence electrons. The molecular formula is C19H17ClN4O3. The zero-order valence-electron chi connectivity index (χ0n) is 14.8. The minimum Gasteiger partial charge on any atom is -0.451 e. The molecule has 1 aromatic heterocycles. The molecule has 1 heterocycles. The minimum absolute atomic E-state index is 0.0602. The van der Waals surface area contributed by atoms with Crippen LogP contribution in [0.2, 0.25) is 5.02 Å². The van der Waals surface area contributed by atoms with Crippen LogP contribution >= 0.6 is 11.6 Å². The number of para-hydroxylation sites is 1. The third-order valence-electron chi connectivity index (χ3n) is 3.75. The molecule has 2 aromatic carbocycles. The number of rotatable bonds is 5. The number of nitrogens with zero attached hydrogens (tertiary/aromatic N) is 3. The topological polar surface area (TPSA) is 86.1 Å². The maximum Gasteiger partial charge on any atom is 0.361 e. The molecule has 8 heteroatoms. The first-order chi connectivity index (χ1) is 12.9. The van der Waals surface area contributed by atoms with Crippen LogP contribution in [0, 0.1) is 13.8 Å². The van der Waals surface area contributed by atoms with Gasteiger partial charge in [0.1, 0.15) is 0 Å². The number of carbonyl (C=O) groups is 2. The highest BCUT2D eigenvalue weighted by molar-refractivity contribution is 6.31. The molecule has 0 fully saturated rings. The Hall–Kier alpha value is -3.19. The fraction of sp³-hybridized carbons (Fsp3) is 0.158. The van der Waals surface area contributed by atoms with Crippen LogP contribution in [0.1, 0.15) is 21.7 Å². The molecule has 0 radical (unpaired) electrons. The second-order valence-corrected chi connectivity index (χ2v) is 6.25. The van der Waals surface area contributed by atoms with E-state index in [0.29, 0.717) is 22.1 Å². The Morgan fingerprint density at radius 1 is 1.11 bits per heavy atom. The van der Waals surface area contributed by atoms with Gasteiger partial charge in [-0.3, -0.25) is 4.79 Å². The van der Waals surface area contributed by atoms with Gasteiger partial charge in [0, 0.05) is 10.7 Å². The van der Waals surface area contributed by atoms with Gasteiger partial charge >= 0.3 is 5.97 Å². The van der Waals surface area contributed by atoms with Crippen LogP contribution in [-0.4, -0.2) is 33.5 Å². The number of halogens is 1. The number of nitrogens with one attached hydrogen (secondary N) is 1. The van der Waals surface area contributed by atoms with Crippen molar-refractivity contribution in [1.29, 1.82) is 0 Å². The number of esters is 1. The van der Waals surface area contributed by atoms with Crippen LogP contribution in [0.15, 0.2) is 48.5 Å². The Morgan fingerprint density at radius 2 is 1.85 bits per heavy atom. The van der Waals surface area contributed by atoms with E-state index in [9.17, 15) is 9.59 Å². The fourth-order valence-corrected chi connectivity index (χ4v) is 2.49. The molecule has 0 aliphatic heterocycles. The van der Waals surface area contributed by atoms with Crippen LogP contribution in [0.5, 0.6) is 0 Å². The summed E-state index contributed by atoms with van der Waals surface area (Å²) in [7, 11) is 0. The van der Waals surface area contributed by atoms with E-state index < -0.39 is 18.5 Å². The van der Waals surface area contributed by atoms with Crippen molar-refractivity contribution in [1.82, 2.24) is 15.0 Å². The van der Waals surface area contributed by atoms with Gasteiger partial charge in [0.15, 0.2) is 12.3 Å². The van der Waals surface area contributed by atoms with Gasteiger partial charge in [-0.15, -0.1) is 5.10 Å². The SMILES string of the molecule is Cc1ccc(NC(=O)COC(=O)c2nn(-c3ccccc3)nc2C)cc1Cl. The number of carbonyl (C=O) groups excluding carboxylic acids is 2. The summed E-state index contributed by atoms with van der Waals surface area (Å²) in [4.78, 5) is 25.6. The van der Waals surface area contributed by atoms with Crippen molar-refractivity contribution in [3.05, 3.63) is 70.5 Å².